The fourth-order valence-electron chi connectivity index (χ4n) is 3.52. The number of aromatic carboxylic acids is 1. The van der Waals surface area contributed by atoms with Gasteiger partial charge in [0.15, 0.2) is 0 Å². The molecular formula is C20H15N2O5S-. The molecule has 0 aliphatic carbocycles. The molecule has 0 spiro atoms. The van der Waals surface area contributed by atoms with Crippen molar-refractivity contribution in [1.82, 2.24) is 0 Å². The number of rotatable bonds is 5. The number of hydrogen-bond acceptors (Lipinski definition) is 5. The van der Waals surface area contributed by atoms with Crippen LogP contribution in [0.15, 0.2) is 59.5 Å². The largest absolute Gasteiger partial charge is 0.545 e. The molecule has 3 aromatic rings. The summed E-state index contributed by atoms with van der Waals surface area (Å²) < 4.78 is 28.4. The lowest BCUT2D eigenvalue weighted by Crippen LogP contribution is -2.26. The van der Waals surface area contributed by atoms with Gasteiger partial charge in [-0.15, -0.1) is 0 Å². The highest BCUT2D eigenvalue weighted by atomic mass is 32.2. The van der Waals surface area contributed by atoms with Crippen LogP contribution in [-0.2, 0) is 10.0 Å². The molecule has 0 fully saturated rings. The second kappa shape index (κ2) is 6.35. The smallest absolute Gasteiger partial charge is 0.262 e. The number of anilines is 2. The first-order chi connectivity index (χ1) is 13.3. The van der Waals surface area contributed by atoms with Crippen LogP contribution in [0.4, 0.5) is 11.4 Å². The third-order valence-corrected chi connectivity index (χ3v) is 6.17. The van der Waals surface area contributed by atoms with E-state index in [1.54, 1.807) is 29.2 Å². The average molecular weight is 395 g/mol. The van der Waals surface area contributed by atoms with Gasteiger partial charge in [-0.2, -0.15) is 0 Å². The van der Waals surface area contributed by atoms with Crippen molar-refractivity contribution in [3.63, 3.8) is 0 Å². The van der Waals surface area contributed by atoms with E-state index in [-0.39, 0.29) is 22.1 Å². The first-order valence-electron chi connectivity index (χ1n) is 8.56. The Kier molecular flexibility index (Phi) is 4.08. The molecule has 7 nitrogen and oxygen atoms in total. The predicted molar refractivity (Wildman–Crippen MR) is 103 cm³/mol. The number of carbonyl (C=O) groups is 2. The van der Waals surface area contributed by atoms with Crippen LogP contribution in [0.5, 0.6) is 0 Å². The summed E-state index contributed by atoms with van der Waals surface area (Å²) in [6, 6.07) is 13.6. The van der Waals surface area contributed by atoms with Crippen molar-refractivity contribution < 1.29 is 23.1 Å². The Morgan fingerprint density at radius 1 is 1.07 bits per heavy atom. The van der Waals surface area contributed by atoms with Gasteiger partial charge in [0, 0.05) is 28.4 Å². The van der Waals surface area contributed by atoms with Crippen LogP contribution < -0.4 is 14.7 Å². The quantitative estimate of drug-likeness (QED) is 0.711. The molecule has 0 unspecified atom stereocenters. The third kappa shape index (κ3) is 2.61. The normalized spacial score (nSPS) is 13.2. The summed E-state index contributed by atoms with van der Waals surface area (Å²) in [6.45, 7) is 2.31. The minimum atomic E-state index is -4.11. The molecule has 0 aromatic heterocycles. The fraction of sp³-hybridized carbons (Fsp3) is 0.100. The number of hydrogen-bond donors (Lipinski definition) is 1. The Labute approximate surface area is 161 Å². The number of amides is 1. The van der Waals surface area contributed by atoms with Gasteiger partial charge in [0.05, 0.1) is 22.2 Å². The fourth-order valence-corrected chi connectivity index (χ4v) is 4.80. The number of carbonyl (C=O) groups excluding carboxylic acids is 2. The van der Waals surface area contributed by atoms with Gasteiger partial charge in [0.2, 0.25) is 0 Å². The lowest BCUT2D eigenvalue weighted by Gasteiger charge is -2.16. The van der Waals surface area contributed by atoms with Gasteiger partial charge >= 0.3 is 0 Å². The molecule has 1 amide bonds. The molecule has 0 atom stereocenters. The first-order valence-corrected chi connectivity index (χ1v) is 10.0. The van der Waals surface area contributed by atoms with E-state index in [1.807, 2.05) is 6.92 Å². The Hall–Kier alpha value is -3.39. The molecule has 1 aliphatic heterocycles. The third-order valence-electron chi connectivity index (χ3n) is 4.74. The number of sulfonamides is 1. The van der Waals surface area contributed by atoms with Crippen LogP contribution >= 0.6 is 0 Å². The van der Waals surface area contributed by atoms with Crippen molar-refractivity contribution in [3.05, 3.63) is 65.7 Å². The standard InChI is InChI=1S/C20H16N2O5S/c1-2-22-16-10-11-17(13-7-5-8-14(18(13)16)19(22)23)28(26,27)21-15-9-4-3-6-12(15)20(24)25/h3-11,21H,2H2,1H3,(H,24,25)/p-1. The highest BCUT2D eigenvalue weighted by molar-refractivity contribution is 7.93. The van der Waals surface area contributed by atoms with Gasteiger partial charge in [-0.05, 0) is 31.2 Å². The molecule has 3 aromatic carbocycles. The summed E-state index contributed by atoms with van der Waals surface area (Å²) in [5, 5.41) is 12.2. The Balaban J connectivity index is 1.88. The highest BCUT2D eigenvalue weighted by Crippen LogP contribution is 2.40. The predicted octanol–water partition coefficient (Wildman–Crippen LogP) is 1.98. The molecule has 1 N–H and O–H groups in total. The SMILES string of the molecule is CCN1C(=O)c2cccc3c(S(=O)(=O)Nc4ccccc4C(=O)[O-])ccc1c23. The van der Waals surface area contributed by atoms with E-state index in [1.165, 1.54) is 30.3 Å². The number of carboxylic acid groups (broad SMARTS) is 1. The zero-order chi connectivity index (χ0) is 20.1. The van der Waals surface area contributed by atoms with E-state index < -0.39 is 16.0 Å². The minimum absolute atomic E-state index is 0.0352. The molecule has 0 radical (unpaired) electrons. The highest BCUT2D eigenvalue weighted by Gasteiger charge is 2.31. The van der Waals surface area contributed by atoms with Gasteiger partial charge in [-0.1, -0.05) is 30.3 Å². The first kappa shape index (κ1) is 18.0. The molecule has 0 bridgehead atoms. The Bertz CT molecular complexity index is 1250. The van der Waals surface area contributed by atoms with Crippen molar-refractivity contribution in [1.29, 1.82) is 0 Å². The molecule has 4 rings (SSSR count). The molecule has 0 saturated heterocycles. The van der Waals surface area contributed by atoms with Crippen LogP contribution in [-0.4, -0.2) is 26.8 Å². The van der Waals surface area contributed by atoms with E-state index in [0.29, 0.717) is 28.6 Å². The minimum Gasteiger partial charge on any atom is -0.545 e. The molecular weight excluding hydrogens is 380 g/mol. The van der Waals surface area contributed by atoms with Crippen molar-refractivity contribution in [2.75, 3.05) is 16.2 Å². The molecule has 8 heteroatoms. The summed E-state index contributed by atoms with van der Waals surface area (Å²) in [5.74, 6) is -1.66. The summed E-state index contributed by atoms with van der Waals surface area (Å²) in [6.07, 6.45) is 0. The van der Waals surface area contributed by atoms with E-state index >= 15 is 0 Å². The van der Waals surface area contributed by atoms with Crippen LogP contribution in [0, 0.1) is 0 Å². The van der Waals surface area contributed by atoms with Crippen molar-refractivity contribution in [3.8, 4) is 0 Å². The monoisotopic (exact) mass is 395 g/mol. The average Bonchev–Trinajstić information content (AvgIpc) is 2.95. The molecule has 1 heterocycles. The van der Waals surface area contributed by atoms with E-state index in [9.17, 15) is 23.1 Å². The lowest BCUT2D eigenvalue weighted by atomic mass is 10.1. The summed E-state index contributed by atoms with van der Waals surface area (Å²) in [7, 11) is -4.11. The summed E-state index contributed by atoms with van der Waals surface area (Å²) >= 11 is 0. The van der Waals surface area contributed by atoms with Crippen molar-refractivity contribution in [2.24, 2.45) is 0 Å². The molecule has 1 aliphatic rings. The van der Waals surface area contributed by atoms with Gasteiger partial charge < -0.3 is 14.8 Å². The number of carboxylic acids is 1. The summed E-state index contributed by atoms with van der Waals surface area (Å²) in [4.78, 5) is 25.4. The van der Waals surface area contributed by atoms with Crippen LogP contribution in [0.2, 0.25) is 0 Å². The Morgan fingerprint density at radius 3 is 2.54 bits per heavy atom. The van der Waals surface area contributed by atoms with Gasteiger partial charge in [0.25, 0.3) is 15.9 Å². The maximum absolute atomic E-state index is 13.0. The summed E-state index contributed by atoms with van der Waals surface area (Å²) in [5.41, 5.74) is 0.759. The molecule has 142 valence electrons. The topological polar surface area (TPSA) is 107 Å². The number of para-hydroxylation sites is 1. The van der Waals surface area contributed by atoms with E-state index in [0.717, 1.165) is 0 Å². The van der Waals surface area contributed by atoms with E-state index in [2.05, 4.69) is 4.72 Å². The lowest BCUT2D eigenvalue weighted by molar-refractivity contribution is -0.254. The molecule has 0 saturated carbocycles. The zero-order valence-electron chi connectivity index (χ0n) is 14.8. The van der Waals surface area contributed by atoms with E-state index in [4.69, 9.17) is 0 Å². The van der Waals surface area contributed by atoms with Gasteiger partial charge in [-0.3, -0.25) is 9.52 Å². The van der Waals surface area contributed by atoms with Crippen LogP contribution in [0.1, 0.15) is 27.6 Å². The number of nitrogens with one attached hydrogen (secondary N) is 1. The second-order valence-electron chi connectivity index (χ2n) is 6.30. The van der Waals surface area contributed by atoms with Crippen molar-refractivity contribution >= 4 is 44.0 Å². The maximum atomic E-state index is 13.0. The van der Waals surface area contributed by atoms with Gasteiger partial charge in [-0.25, -0.2) is 8.42 Å². The zero-order valence-corrected chi connectivity index (χ0v) is 15.6. The van der Waals surface area contributed by atoms with Gasteiger partial charge in [0.1, 0.15) is 0 Å². The van der Waals surface area contributed by atoms with Crippen molar-refractivity contribution in [2.45, 2.75) is 11.8 Å². The second-order valence-corrected chi connectivity index (χ2v) is 7.95. The molecule has 28 heavy (non-hydrogen) atoms. The number of nitrogens with zero attached hydrogens (tertiary/aromatic N) is 1. The van der Waals surface area contributed by atoms with Crippen LogP contribution in [0.3, 0.4) is 0 Å². The number of benzene rings is 3. The van der Waals surface area contributed by atoms with Crippen LogP contribution in [0.25, 0.3) is 10.8 Å². The maximum Gasteiger partial charge on any atom is 0.262 e. The Morgan fingerprint density at radius 2 is 1.82 bits per heavy atom.